The molecule has 5 nitrogen and oxygen atoms in total. The van der Waals surface area contributed by atoms with Crippen molar-refractivity contribution in [2.45, 2.75) is 32.2 Å². The maximum atomic E-state index is 12.6. The number of hydrogen-bond acceptors (Lipinski definition) is 4. The van der Waals surface area contributed by atoms with Crippen molar-refractivity contribution in [3.8, 4) is 5.75 Å². The molecule has 1 saturated heterocycles. The van der Waals surface area contributed by atoms with Crippen LogP contribution in [0.5, 0.6) is 5.75 Å². The molecule has 0 unspecified atom stereocenters. The van der Waals surface area contributed by atoms with E-state index in [0.717, 1.165) is 23.5 Å². The van der Waals surface area contributed by atoms with Gasteiger partial charge in [0, 0.05) is 29.6 Å². The molecular weight excluding hydrogens is 348 g/mol. The number of piperidine rings is 1. The molecule has 1 N–H and O–H groups in total. The molecule has 1 aromatic carbocycles. The SMILES string of the molecule is CCOc1ccc(C(=O)N2CCC(NC(=O)Cc3cccs3)CC2)cc1. The first kappa shape index (κ1) is 18.5. The third-order valence-corrected chi connectivity index (χ3v) is 5.35. The normalized spacial score (nSPS) is 14.9. The monoisotopic (exact) mass is 372 g/mol. The van der Waals surface area contributed by atoms with Gasteiger partial charge >= 0.3 is 0 Å². The number of amides is 2. The van der Waals surface area contributed by atoms with Crippen LogP contribution in [-0.4, -0.2) is 42.5 Å². The van der Waals surface area contributed by atoms with Gasteiger partial charge < -0.3 is 15.0 Å². The summed E-state index contributed by atoms with van der Waals surface area (Å²) in [5.41, 5.74) is 0.675. The van der Waals surface area contributed by atoms with Gasteiger partial charge in [-0.05, 0) is 55.5 Å². The lowest BCUT2D eigenvalue weighted by molar-refractivity contribution is -0.121. The van der Waals surface area contributed by atoms with E-state index in [2.05, 4.69) is 5.32 Å². The Kier molecular flexibility index (Phi) is 6.28. The molecule has 3 rings (SSSR count). The molecule has 0 spiro atoms. The first-order chi connectivity index (χ1) is 12.7. The number of ether oxygens (including phenoxy) is 1. The summed E-state index contributed by atoms with van der Waals surface area (Å²) in [5, 5.41) is 5.07. The molecule has 1 aliphatic rings. The van der Waals surface area contributed by atoms with Gasteiger partial charge in [-0.2, -0.15) is 0 Å². The van der Waals surface area contributed by atoms with Crippen LogP contribution in [0.25, 0.3) is 0 Å². The van der Waals surface area contributed by atoms with Gasteiger partial charge in [0.05, 0.1) is 13.0 Å². The Morgan fingerprint density at radius 3 is 2.54 bits per heavy atom. The van der Waals surface area contributed by atoms with Crippen molar-refractivity contribution in [2.24, 2.45) is 0 Å². The molecule has 0 saturated carbocycles. The summed E-state index contributed by atoms with van der Waals surface area (Å²) in [6.45, 7) is 3.87. The fourth-order valence-corrected chi connectivity index (χ4v) is 3.82. The van der Waals surface area contributed by atoms with E-state index in [1.54, 1.807) is 11.3 Å². The molecule has 138 valence electrons. The second-order valence-corrected chi connectivity index (χ2v) is 7.38. The number of nitrogens with one attached hydrogen (secondary N) is 1. The molecular formula is C20H24N2O3S. The molecule has 2 aromatic rings. The van der Waals surface area contributed by atoms with Gasteiger partial charge in [-0.3, -0.25) is 9.59 Å². The van der Waals surface area contributed by atoms with Crippen LogP contribution in [0.1, 0.15) is 35.0 Å². The zero-order chi connectivity index (χ0) is 18.4. The molecule has 0 aliphatic carbocycles. The van der Waals surface area contributed by atoms with E-state index in [9.17, 15) is 9.59 Å². The van der Waals surface area contributed by atoms with Crippen molar-refractivity contribution in [1.29, 1.82) is 0 Å². The van der Waals surface area contributed by atoms with Crippen molar-refractivity contribution in [2.75, 3.05) is 19.7 Å². The van der Waals surface area contributed by atoms with Crippen LogP contribution in [0, 0.1) is 0 Å². The molecule has 0 atom stereocenters. The third-order valence-electron chi connectivity index (χ3n) is 4.47. The Hall–Kier alpha value is -2.34. The Bertz CT molecular complexity index is 720. The Balaban J connectivity index is 1.46. The minimum Gasteiger partial charge on any atom is -0.494 e. The van der Waals surface area contributed by atoms with E-state index in [-0.39, 0.29) is 17.9 Å². The van der Waals surface area contributed by atoms with Crippen molar-refractivity contribution < 1.29 is 14.3 Å². The highest BCUT2D eigenvalue weighted by Crippen LogP contribution is 2.17. The Labute approximate surface area is 158 Å². The van der Waals surface area contributed by atoms with Gasteiger partial charge in [-0.15, -0.1) is 11.3 Å². The van der Waals surface area contributed by atoms with E-state index in [1.807, 2.05) is 53.6 Å². The molecule has 1 aliphatic heterocycles. The average molecular weight is 372 g/mol. The van der Waals surface area contributed by atoms with Crippen LogP contribution in [-0.2, 0) is 11.2 Å². The van der Waals surface area contributed by atoms with Gasteiger partial charge in [0.1, 0.15) is 5.75 Å². The second kappa shape index (κ2) is 8.85. The highest BCUT2D eigenvalue weighted by atomic mass is 32.1. The first-order valence-electron chi connectivity index (χ1n) is 8.99. The van der Waals surface area contributed by atoms with Gasteiger partial charge in [0.25, 0.3) is 5.91 Å². The van der Waals surface area contributed by atoms with E-state index in [1.165, 1.54) is 0 Å². The van der Waals surface area contributed by atoms with Crippen LogP contribution in [0.15, 0.2) is 41.8 Å². The predicted octanol–water partition coefficient (Wildman–Crippen LogP) is 3.11. The van der Waals surface area contributed by atoms with Crippen LogP contribution in [0.2, 0.25) is 0 Å². The van der Waals surface area contributed by atoms with Crippen molar-refractivity contribution in [3.63, 3.8) is 0 Å². The lowest BCUT2D eigenvalue weighted by atomic mass is 10.0. The summed E-state index contributed by atoms with van der Waals surface area (Å²) in [4.78, 5) is 27.6. The van der Waals surface area contributed by atoms with E-state index < -0.39 is 0 Å². The van der Waals surface area contributed by atoms with Crippen molar-refractivity contribution in [3.05, 3.63) is 52.2 Å². The summed E-state index contributed by atoms with van der Waals surface area (Å²) >= 11 is 1.60. The number of likely N-dealkylation sites (tertiary alicyclic amines) is 1. The highest BCUT2D eigenvalue weighted by molar-refractivity contribution is 7.10. The summed E-state index contributed by atoms with van der Waals surface area (Å²) < 4.78 is 5.41. The number of hydrogen-bond donors (Lipinski definition) is 1. The summed E-state index contributed by atoms with van der Waals surface area (Å²) in [7, 11) is 0. The number of carbonyl (C=O) groups is 2. The predicted molar refractivity (Wildman–Crippen MR) is 103 cm³/mol. The van der Waals surface area contributed by atoms with Crippen LogP contribution in [0.3, 0.4) is 0 Å². The molecule has 2 heterocycles. The largest absolute Gasteiger partial charge is 0.494 e. The lowest BCUT2D eigenvalue weighted by Crippen LogP contribution is -2.46. The van der Waals surface area contributed by atoms with Gasteiger partial charge in [-0.25, -0.2) is 0 Å². The number of carbonyl (C=O) groups excluding carboxylic acids is 2. The molecule has 1 aromatic heterocycles. The van der Waals surface area contributed by atoms with Crippen LogP contribution < -0.4 is 10.1 Å². The van der Waals surface area contributed by atoms with Crippen molar-refractivity contribution >= 4 is 23.2 Å². The highest BCUT2D eigenvalue weighted by Gasteiger charge is 2.24. The van der Waals surface area contributed by atoms with E-state index in [0.29, 0.717) is 31.7 Å². The van der Waals surface area contributed by atoms with E-state index in [4.69, 9.17) is 4.74 Å². The average Bonchev–Trinajstić information content (AvgIpc) is 3.15. The molecule has 2 amide bonds. The summed E-state index contributed by atoms with van der Waals surface area (Å²) in [6.07, 6.45) is 2.01. The smallest absolute Gasteiger partial charge is 0.253 e. The van der Waals surface area contributed by atoms with Gasteiger partial charge in [0.15, 0.2) is 0 Å². The fourth-order valence-electron chi connectivity index (χ4n) is 3.12. The molecule has 0 bridgehead atoms. The maximum absolute atomic E-state index is 12.6. The quantitative estimate of drug-likeness (QED) is 0.848. The Morgan fingerprint density at radius 2 is 1.92 bits per heavy atom. The zero-order valence-electron chi connectivity index (χ0n) is 14.9. The maximum Gasteiger partial charge on any atom is 0.253 e. The molecule has 6 heteroatoms. The number of nitrogens with zero attached hydrogens (tertiary/aromatic N) is 1. The van der Waals surface area contributed by atoms with Crippen LogP contribution in [0.4, 0.5) is 0 Å². The molecule has 0 radical (unpaired) electrons. The number of rotatable bonds is 6. The fraction of sp³-hybridized carbons (Fsp3) is 0.400. The third kappa shape index (κ3) is 4.85. The lowest BCUT2D eigenvalue weighted by Gasteiger charge is -2.32. The second-order valence-electron chi connectivity index (χ2n) is 6.35. The van der Waals surface area contributed by atoms with E-state index >= 15 is 0 Å². The number of thiophene rings is 1. The van der Waals surface area contributed by atoms with Gasteiger partial charge in [-0.1, -0.05) is 6.07 Å². The minimum atomic E-state index is 0.0383. The topological polar surface area (TPSA) is 58.6 Å². The summed E-state index contributed by atoms with van der Waals surface area (Å²) in [5.74, 6) is 0.872. The first-order valence-corrected chi connectivity index (χ1v) is 9.87. The molecule has 1 fully saturated rings. The standard InChI is InChI=1S/C20H24N2O3S/c1-2-25-17-7-5-15(6-8-17)20(24)22-11-9-16(10-12-22)21-19(23)14-18-4-3-13-26-18/h3-8,13,16H,2,9-12,14H2,1H3,(H,21,23). The molecule has 26 heavy (non-hydrogen) atoms. The number of benzene rings is 1. The van der Waals surface area contributed by atoms with Gasteiger partial charge in [0.2, 0.25) is 5.91 Å². The van der Waals surface area contributed by atoms with Crippen LogP contribution >= 0.6 is 11.3 Å². The zero-order valence-corrected chi connectivity index (χ0v) is 15.8. The Morgan fingerprint density at radius 1 is 1.19 bits per heavy atom. The van der Waals surface area contributed by atoms with Crippen molar-refractivity contribution in [1.82, 2.24) is 10.2 Å². The minimum absolute atomic E-state index is 0.0383. The summed E-state index contributed by atoms with van der Waals surface area (Å²) in [6, 6.07) is 11.3.